The molecule has 2 N–H and O–H groups in total. The molecule has 146 valence electrons. The van der Waals surface area contributed by atoms with Gasteiger partial charge in [0.05, 0.1) is 0 Å². The van der Waals surface area contributed by atoms with Gasteiger partial charge in [-0.25, -0.2) is 0 Å². The Morgan fingerprint density at radius 1 is 1.27 bits per heavy atom. The molecular formula is C19H34N6S. The van der Waals surface area contributed by atoms with Crippen LogP contribution in [0.15, 0.2) is 4.99 Å². The van der Waals surface area contributed by atoms with E-state index < -0.39 is 0 Å². The zero-order chi connectivity index (χ0) is 18.2. The molecule has 0 bridgehead atoms. The maximum atomic E-state index is 4.79. The predicted octanol–water partition coefficient (Wildman–Crippen LogP) is 2.78. The van der Waals surface area contributed by atoms with Crippen molar-refractivity contribution in [2.24, 2.45) is 4.99 Å². The maximum absolute atomic E-state index is 4.79. The number of rotatable bonds is 7. The van der Waals surface area contributed by atoms with Crippen molar-refractivity contribution in [2.45, 2.75) is 82.5 Å². The van der Waals surface area contributed by atoms with Crippen LogP contribution in [0.25, 0.3) is 0 Å². The van der Waals surface area contributed by atoms with Gasteiger partial charge in [-0.1, -0.05) is 6.42 Å². The molecule has 26 heavy (non-hydrogen) atoms. The van der Waals surface area contributed by atoms with Crippen molar-refractivity contribution < 1.29 is 0 Å². The van der Waals surface area contributed by atoms with E-state index in [1.54, 1.807) is 0 Å². The van der Waals surface area contributed by atoms with Gasteiger partial charge in [-0.2, -0.15) is 11.8 Å². The highest BCUT2D eigenvalue weighted by molar-refractivity contribution is 7.99. The molecule has 0 aromatic carbocycles. The Balaban J connectivity index is 1.47. The number of hydrogen-bond donors (Lipinski definition) is 2. The van der Waals surface area contributed by atoms with E-state index in [2.05, 4.69) is 38.6 Å². The van der Waals surface area contributed by atoms with Gasteiger partial charge < -0.3 is 15.2 Å². The zero-order valence-corrected chi connectivity index (χ0v) is 17.2. The summed E-state index contributed by atoms with van der Waals surface area (Å²) in [7, 11) is 0. The van der Waals surface area contributed by atoms with Crippen LogP contribution in [0.4, 0.5) is 0 Å². The van der Waals surface area contributed by atoms with Crippen molar-refractivity contribution in [3.05, 3.63) is 11.6 Å². The van der Waals surface area contributed by atoms with E-state index in [0.29, 0.717) is 6.04 Å². The molecule has 2 unspecified atom stereocenters. The molecule has 0 amide bonds. The maximum Gasteiger partial charge on any atom is 0.191 e. The largest absolute Gasteiger partial charge is 0.357 e. The van der Waals surface area contributed by atoms with Gasteiger partial charge in [0.1, 0.15) is 11.6 Å². The third kappa shape index (κ3) is 5.38. The second kappa shape index (κ2) is 10.2. The summed E-state index contributed by atoms with van der Waals surface area (Å²) in [6.45, 7) is 4.95. The molecule has 2 aliphatic rings. The minimum atomic E-state index is 0.567. The van der Waals surface area contributed by atoms with Gasteiger partial charge in [0.15, 0.2) is 5.96 Å². The SMILES string of the molecule is CCNC(=NCCCc1nnc2n1CCCCC2)NC1CCC(SC)C1. The summed E-state index contributed by atoms with van der Waals surface area (Å²) < 4.78 is 2.35. The Morgan fingerprint density at radius 2 is 2.19 bits per heavy atom. The molecule has 3 rings (SSSR count). The average Bonchev–Trinajstić information content (AvgIpc) is 3.19. The fraction of sp³-hybridized carbons (Fsp3) is 0.842. The van der Waals surface area contributed by atoms with Gasteiger partial charge in [-0.05, 0) is 51.7 Å². The van der Waals surface area contributed by atoms with E-state index in [4.69, 9.17) is 4.99 Å². The van der Waals surface area contributed by atoms with Crippen LogP contribution in [0, 0.1) is 0 Å². The normalized spacial score (nSPS) is 23.5. The second-order valence-electron chi connectivity index (χ2n) is 7.37. The Bertz CT molecular complexity index is 585. The minimum Gasteiger partial charge on any atom is -0.357 e. The monoisotopic (exact) mass is 378 g/mol. The molecule has 1 aliphatic carbocycles. The highest BCUT2D eigenvalue weighted by Crippen LogP contribution is 2.28. The summed E-state index contributed by atoms with van der Waals surface area (Å²) in [5, 5.41) is 16.6. The molecule has 1 aromatic rings. The fourth-order valence-corrected chi connectivity index (χ4v) is 4.75. The van der Waals surface area contributed by atoms with E-state index in [1.165, 1.54) is 44.3 Å². The first-order chi connectivity index (χ1) is 12.8. The van der Waals surface area contributed by atoms with Crippen LogP contribution < -0.4 is 10.6 Å². The second-order valence-corrected chi connectivity index (χ2v) is 8.51. The van der Waals surface area contributed by atoms with E-state index in [9.17, 15) is 0 Å². The van der Waals surface area contributed by atoms with Crippen molar-refractivity contribution in [3.63, 3.8) is 0 Å². The number of aryl methyl sites for hydroxylation is 2. The molecule has 0 spiro atoms. The molecule has 1 aliphatic heterocycles. The van der Waals surface area contributed by atoms with E-state index in [-0.39, 0.29) is 0 Å². The predicted molar refractivity (Wildman–Crippen MR) is 110 cm³/mol. The van der Waals surface area contributed by atoms with Crippen molar-refractivity contribution in [1.82, 2.24) is 25.4 Å². The summed E-state index contributed by atoms with van der Waals surface area (Å²) in [6.07, 6.45) is 12.9. The molecule has 1 aromatic heterocycles. The summed E-state index contributed by atoms with van der Waals surface area (Å²) in [6, 6.07) is 0.567. The Hall–Kier alpha value is -1.24. The van der Waals surface area contributed by atoms with Gasteiger partial charge >= 0.3 is 0 Å². The van der Waals surface area contributed by atoms with Crippen molar-refractivity contribution in [3.8, 4) is 0 Å². The Morgan fingerprint density at radius 3 is 3.00 bits per heavy atom. The van der Waals surface area contributed by atoms with Crippen LogP contribution in [-0.2, 0) is 19.4 Å². The van der Waals surface area contributed by atoms with Gasteiger partial charge in [-0.3, -0.25) is 4.99 Å². The van der Waals surface area contributed by atoms with Crippen molar-refractivity contribution in [1.29, 1.82) is 0 Å². The van der Waals surface area contributed by atoms with Crippen LogP contribution >= 0.6 is 11.8 Å². The Kier molecular flexibility index (Phi) is 7.65. The first kappa shape index (κ1) is 19.5. The number of thioether (sulfide) groups is 1. The molecular weight excluding hydrogens is 344 g/mol. The van der Waals surface area contributed by atoms with Crippen LogP contribution in [0.2, 0.25) is 0 Å². The van der Waals surface area contributed by atoms with Crippen molar-refractivity contribution in [2.75, 3.05) is 19.3 Å². The number of nitrogens with one attached hydrogen (secondary N) is 2. The summed E-state index contributed by atoms with van der Waals surface area (Å²) in [5.74, 6) is 3.30. The van der Waals surface area contributed by atoms with Gasteiger partial charge in [0.2, 0.25) is 0 Å². The highest BCUT2D eigenvalue weighted by atomic mass is 32.2. The molecule has 7 heteroatoms. The lowest BCUT2D eigenvalue weighted by atomic mass is 10.2. The zero-order valence-electron chi connectivity index (χ0n) is 16.3. The average molecular weight is 379 g/mol. The van der Waals surface area contributed by atoms with Crippen LogP contribution in [-0.4, -0.2) is 51.4 Å². The smallest absolute Gasteiger partial charge is 0.191 e. The topological polar surface area (TPSA) is 67.1 Å². The minimum absolute atomic E-state index is 0.567. The van der Waals surface area contributed by atoms with Gasteiger partial charge in [0, 0.05) is 43.8 Å². The molecule has 1 fully saturated rings. The lowest BCUT2D eigenvalue weighted by molar-refractivity contribution is 0.595. The fourth-order valence-electron chi connectivity index (χ4n) is 3.96. The molecule has 1 saturated carbocycles. The quantitative estimate of drug-likeness (QED) is 0.434. The summed E-state index contributed by atoms with van der Waals surface area (Å²) >= 11 is 1.99. The lowest BCUT2D eigenvalue weighted by Crippen LogP contribution is -2.42. The number of guanidine groups is 1. The third-order valence-corrected chi connectivity index (χ3v) is 6.51. The standard InChI is InChI=1S/C19H34N6S/c1-3-20-19(22-15-10-11-16(14-15)26-2)21-12-7-9-18-24-23-17-8-5-4-6-13-25(17)18/h15-16H,3-14H2,1-2H3,(H2,20,21,22). The van der Waals surface area contributed by atoms with Gasteiger partial charge in [0.25, 0.3) is 0 Å². The van der Waals surface area contributed by atoms with E-state index in [1.807, 2.05) is 11.8 Å². The molecule has 0 radical (unpaired) electrons. The first-order valence-corrected chi connectivity index (χ1v) is 11.6. The third-order valence-electron chi connectivity index (χ3n) is 5.42. The lowest BCUT2D eigenvalue weighted by Gasteiger charge is -2.17. The number of aromatic nitrogens is 3. The van der Waals surface area contributed by atoms with Crippen LogP contribution in [0.3, 0.4) is 0 Å². The number of fused-ring (bicyclic) bond motifs is 1. The van der Waals surface area contributed by atoms with E-state index >= 15 is 0 Å². The Labute approximate surface area is 162 Å². The molecule has 0 saturated heterocycles. The number of nitrogens with zero attached hydrogens (tertiary/aromatic N) is 4. The van der Waals surface area contributed by atoms with Crippen LogP contribution in [0.5, 0.6) is 0 Å². The molecule has 2 atom stereocenters. The van der Waals surface area contributed by atoms with Crippen molar-refractivity contribution >= 4 is 17.7 Å². The van der Waals surface area contributed by atoms with Gasteiger partial charge in [-0.15, -0.1) is 10.2 Å². The number of hydrogen-bond acceptors (Lipinski definition) is 4. The molecule has 2 heterocycles. The summed E-state index contributed by atoms with van der Waals surface area (Å²) in [4.78, 5) is 4.79. The molecule has 6 nitrogen and oxygen atoms in total. The first-order valence-electron chi connectivity index (χ1n) is 10.3. The van der Waals surface area contributed by atoms with Crippen LogP contribution in [0.1, 0.15) is 63.5 Å². The summed E-state index contributed by atoms with van der Waals surface area (Å²) in [5.41, 5.74) is 0. The highest BCUT2D eigenvalue weighted by Gasteiger charge is 2.24. The van der Waals surface area contributed by atoms with E-state index in [0.717, 1.165) is 55.9 Å². The number of aliphatic imine (C=N–C) groups is 1.